The molecule has 144 valence electrons. The summed E-state index contributed by atoms with van der Waals surface area (Å²) in [4.78, 5) is 9.74. The lowest BCUT2D eigenvalue weighted by Gasteiger charge is -2.27. The second kappa shape index (κ2) is 8.19. The molecule has 4 nitrogen and oxygen atoms in total. The largest absolute Gasteiger partial charge is 0.363 e. The van der Waals surface area contributed by atoms with E-state index in [4.69, 9.17) is 21.6 Å². The molecule has 2 N–H and O–H groups in total. The molecule has 0 amide bonds. The van der Waals surface area contributed by atoms with Crippen LogP contribution in [0.4, 0.5) is 0 Å². The number of amidine groups is 2. The Kier molecular flexibility index (Phi) is 5.49. The van der Waals surface area contributed by atoms with Gasteiger partial charge in [-0.3, -0.25) is 4.99 Å². The Morgan fingerprint density at radius 1 is 1.18 bits per heavy atom. The summed E-state index contributed by atoms with van der Waals surface area (Å²) in [5, 5.41) is 7.88. The molecule has 2 aliphatic rings. The molecule has 0 saturated heterocycles. The fraction of sp³-hybridized carbons (Fsp3) is 0.304. The Balaban J connectivity index is 1.72. The lowest BCUT2D eigenvalue weighted by atomic mass is 10.1. The normalized spacial score (nSPS) is 19.2. The van der Waals surface area contributed by atoms with Crippen molar-refractivity contribution in [1.29, 1.82) is 0 Å². The van der Waals surface area contributed by atoms with E-state index in [0.717, 1.165) is 47.1 Å². The van der Waals surface area contributed by atoms with Gasteiger partial charge in [0, 0.05) is 34.0 Å². The van der Waals surface area contributed by atoms with Crippen molar-refractivity contribution in [3.8, 4) is 0 Å². The topological polar surface area (TPSA) is 48.8 Å². The maximum absolute atomic E-state index is 6.45. The van der Waals surface area contributed by atoms with Gasteiger partial charge in [-0.15, -0.1) is 0 Å². The maximum Gasteiger partial charge on any atom is 0.148 e. The monoisotopic (exact) mass is 392 g/mol. The molecule has 2 aromatic carbocycles. The van der Waals surface area contributed by atoms with Gasteiger partial charge in [0.15, 0.2) is 0 Å². The third-order valence-electron chi connectivity index (χ3n) is 5.23. The van der Waals surface area contributed by atoms with Gasteiger partial charge in [0.2, 0.25) is 0 Å². The van der Waals surface area contributed by atoms with Crippen molar-refractivity contribution in [1.82, 2.24) is 10.6 Å². The molecular formula is C23H25ClN4. The van der Waals surface area contributed by atoms with E-state index >= 15 is 0 Å². The minimum Gasteiger partial charge on any atom is -0.363 e. The van der Waals surface area contributed by atoms with Crippen LogP contribution >= 0.6 is 11.6 Å². The van der Waals surface area contributed by atoms with Gasteiger partial charge in [-0.25, -0.2) is 4.99 Å². The predicted molar refractivity (Wildman–Crippen MR) is 117 cm³/mol. The van der Waals surface area contributed by atoms with E-state index in [1.54, 1.807) is 0 Å². The predicted octanol–water partition coefficient (Wildman–Crippen LogP) is 5.14. The summed E-state index contributed by atoms with van der Waals surface area (Å²) < 4.78 is 0. The fourth-order valence-electron chi connectivity index (χ4n) is 3.82. The average molecular weight is 393 g/mol. The van der Waals surface area contributed by atoms with Crippen molar-refractivity contribution in [2.24, 2.45) is 9.98 Å². The number of nitrogens with one attached hydrogen (secondary N) is 2. The Morgan fingerprint density at radius 3 is 2.75 bits per heavy atom. The van der Waals surface area contributed by atoms with Gasteiger partial charge in [0.1, 0.15) is 17.8 Å². The van der Waals surface area contributed by atoms with E-state index < -0.39 is 0 Å². The van der Waals surface area contributed by atoms with Gasteiger partial charge >= 0.3 is 0 Å². The van der Waals surface area contributed by atoms with Crippen LogP contribution in [0.1, 0.15) is 49.0 Å². The second-order valence-corrected chi connectivity index (χ2v) is 7.53. The van der Waals surface area contributed by atoms with Crippen LogP contribution in [0.15, 0.2) is 69.8 Å². The minimum atomic E-state index is -0.187. The zero-order valence-corrected chi connectivity index (χ0v) is 17.1. The summed E-state index contributed by atoms with van der Waals surface area (Å²) in [5.74, 6) is 1.78. The lowest BCUT2D eigenvalue weighted by Crippen LogP contribution is -2.38. The highest BCUT2D eigenvalue weighted by molar-refractivity contribution is 6.31. The van der Waals surface area contributed by atoms with Crippen LogP contribution in [0, 0.1) is 6.92 Å². The molecule has 0 aromatic heterocycles. The Morgan fingerprint density at radius 2 is 1.96 bits per heavy atom. The van der Waals surface area contributed by atoms with Crippen LogP contribution in [0.2, 0.25) is 5.02 Å². The van der Waals surface area contributed by atoms with Crippen LogP contribution in [0.5, 0.6) is 0 Å². The molecule has 1 heterocycles. The highest BCUT2D eigenvalue weighted by atomic mass is 35.5. The first-order valence-electron chi connectivity index (χ1n) is 9.86. The number of hydrogen-bond donors (Lipinski definition) is 2. The number of aryl methyl sites for hydroxylation is 1. The summed E-state index contributed by atoms with van der Waals surface area (Å²) in [7, 11) is 0. The molecule has 1 aliphatic carbocycles. The van der Waals surface area contributed by atoms with Crippen molar-refractivity contribution in [3.05, 3.63) is 81.5 Å². The maximum atomic E-state index is 6.45. The fourth-order valence-corrected chi connectivity index (χ4v) is 4.06. The third kappa shape index (κ3) is 3.69. The smallest absolute Gasteiger partial charge is 0.148 e. The van der Waals surface area contributed by atoms with Crippen molar-refractivity contribution < 1.29 is 0 Å². The van der Waals surface area contributed by atoms with Gasteiger partial charge < -0.3 is 10.6 Å². The van der Waals surface area contributed by atoms with Crippen LogP contribution in [-0.2, 0) is 0 Å². The van der Waals surface area contributed by atoms with Crippen LogP contribution in [-0.4, -0.2) is 18.2 Å². The van der Waals surface area contributed by atoms with Crippen molar-refractivity contribution in [2.45, 2.75) is 39.3 Å². The highest BCUT2D eigenvalue weighted by Crippen LogP contribution is 2.34. The first-order valence-corrected chi connectivity index (χ1v) is 10.2. The van der Waals surface area contributed by atoms with E-state index in [-0.39, 0.29) is 6.17 Å². The van der Waals surface area contributed by atoms with E-state index in [1.807, 2.05) is 30.3 Å². The number of allylic oxidation sites excluding steroid dienone is 1. The molecule has 5 heteroatoms. The lowest BCUT2D eigenvalue weighted by molar-refractivity contribution is 0.601. The van der Waals surface area contributed by atoms with Gasteiger partial charge in [-0.2, -0.15) is 0 Å². The summed E-state index contributed by atoms with van der Waals surface area (Å²) >= 11 is 6.45. The molecule has 1 unspecified atom stereocenters. The van der Waals surface area contributed by atoms with Crippen LogP contribution in [0.3, 0.4) is 0 Å². The summed E-state index contributed by atoms with van der Waals surface area (Å²) in [6.45, 7) is 4.87. The summed E-state index contributed by atoms with van der Waals surface area (Å²) in [6.07, 6.45) is 3.02. The van der Waals surface area contributed by atoms with Crippen LogP contribution < -0.4 is 10.6 Å². The first kappa shape index (κ1) is 18.8. The van der Waals surface area contributed by atoms with E-state index in [2.05, 4.69) is 42.7 Å². The summed E-state index contributed by atoms with van der Waals surface area (Å²) in [6, 6.07) is 16.2. The SMILES string of the molecule is CCN=C(NC1=NC(c2ccccc2Cl)NC2=C1CCC2)c1ccccc1C. The number of aliphatic imine (C=N–C) groups is 2. The van der Waals surface area contributed by atoms with E-state index in [0.29, 0.717) is 6.54 Å². The van der Waals surface area contributed by atoms with Gasteiger partial charge in [-0.05, 0) is 44.7 Å². The zero-order valence-electron chi connectivity index (χ0n) is 16.3. The van der Waals surface area contributed by atoms with E-state index in [9.17, 15) is 0 Å². The summed E-state index contributed by atoms with van der Waals surface area (Å²) in [5.41, 5.74) is 5.83. The number of nitrogens with zero attached hydrogens (tertiary/aromatic N) is 2. The third-order valence-corrected chi connectivity index (χ3v) is 5.57. The zero-order chi connectivity index (χ0) is 19.5. The van der Waals surface area contributed by atoms with Gasteiger partial charge in [-0.1, -0.05) is 54.1 Å². The first-order chi connectivity index (χ1) is 13.7. The standard InChI is InChI=1S/C23H25ClN4/c1-3-25-21(16-10-5-4-9-15(16)2)27-23-18-12-8-14-20(18)26-22(28-23)17-11-6-7-13-19(17)24/h4-7,9-11,13,22,26H,3,8,12,14H2,1-2H3,(H,25,27,28). The Labute approximate surface area is 171 Å². The molecule has 0 spiro atoms. The number of benzene rings is 2. The molecule has 0 fully saturated rings. The van der Waals surface area contributed by atoms with Crippen molar-refractivity contribution in [2.75, 3.05) is 6.54 Å². The molecule has 2 aromatic rings. The number of halogens is 1. The van der Waals surface area contributed by atoms with Crippen molar-refractivity contribution in [3.63, 3.8) is 0 Å². The average Bonchev–Trinajstić information content (AvgIpc) is 3.17. The molecule has 0 saturated carbocycles. The molecule has 28 heavy (non-hydrogen) atoms. The van der Waals surface area contributed by atoms with Crippen molar-refractivity contribution >= 4 is 23.3 Å². The van der Waals surface area contributed by atoms with Gasteiger partial charge in [0.25, 0.3) is 0 Å². The quantitative estimate of drug-likeness (QED) is 0.561. The van der Waals surface area contributed by atoms with Crippen LogP contribution in [0.25, 0.3) is 0 Å². The molecule has 1 atom stereocenters. The molecule has 0 radical (unpaired) electrons. The minimum absolute atomic E-state index is 0.187. The van der Waals surface area contributed by atoms with E-state index in [1.165, 1.54) is 16.8 Å². The Hall–Kier alpha value is -2.59. The highest BCUT2D eigenvalue weighted by Gasteiger charge is 2.29. The molecular weight excluding hydrogens is 368 g/mol. The second-order valence-electron chi connectivity index (χ2n) is 7.12. The molecule has 1 aliphatic heterocycles. The number of rotatable bonds is 3. The van der Waals surface area contributed by atoms with Gasteiger partial charge in [0.05, 0.1) is 0 Å². The number of hydrogen-bond acceptors (Lipinski definition) is 3. The molecule has 0 bridgehead atoms. The molecule has 4 rings (SSSR count). The Bertz CT molecular complexity index is 974.